The zero-order valence-corrected chi connectivity index (χ0v) is 10.00. The van der Waals surface area contributed by atoms with Gasteiger partial charge in [-0.25, -0.2) is 0 Å². The quantitative estimate of drug-likeness (QED) is 0.727. The maximum Gasteiger partial charge on any atom is 0.237 e. The minimum atomic E-state index is 0.00526. The summed E-state index contributed by atoms with van der Waals surface area (Å²) in [5.74, 6) is 0.807. The van der Waals surface area contributed by atoms with E-state index in [-0.39, 0.29) is 18.0 Å². The second-order valence-electron chi connectivity index (χ2n) is 5.06. The number of hydrogen-bond donors (Lipinski definition) is 2. The molecule has 2 rings (SSSR count). The largest absolute Gasteiger partial charge is 0.379 e. The summed E-state index contributed by atoms with van der Waals surface area (Å²) in [6, 6.07) is 0.228. The molecule has 2 fully saturated rings. The highest BCUT2D eigenvalue weighted by Crippen LogP contribution is 2.15. The standard InChI is InChI=1S/C12H22N2O2/c1-9-4-5-13-11(7-9)12(15)14-10-3-2-6-16-8-10/h9-11,13H,2-8H2,1H3,(H,14,15). The monoisotopic (exact) mass is 226 g/mol. The zero-order valence-electron chi connectivity index (χ0n) is 10.00. The van der Waals surface area contributed by atoms with Gasteiger partial charge < -0.3 is 15.4 Å². The molecule has 2 heterocycles. The topological polar surface area (TPSA) is 50.4 Å². The molecule has 0 bridgehead atoms. The van der Waals surface area contributed by atoms with Crippen LogP contribution in [0.15, 0.2) is 0 Å². The zero-order chi connectivity index (χ0) is 11.4. The number of amides is 1. The maximum atomic E-state index is 12.0. The van der Waals surface area contributed by atoms with Crippen molar-refractivity contribution in [2.45, 2.75) is 44.7 Å². The Labute approximate surface area is 97.1 Å². The van der Waals surface area contributed by atoms with E-state index in [9.17, 15) is 4.79 Å². The molecule has 0 aliphatic carbocycles. The number of hydrogen-bond acceptors (Lipinski definition) is 3. The predicted molar refractivity (Wildman–Crippen MR) is 62.2 cm³/mol. The van der Waals surface area contributed by atoms with Crippen molar-refractivity contribution in [1.29, 1.82) is 0 Å². The van der Waals surface area contributed by atoms with Gasteiger partial charge in [-0.15, -0.1) is 0 Å². The Balaban J connectivity index is 1.77. The molecule has 3 unspecified atom stereocenters. The van der Waals surface area contributed by atoms with Crippen LogP contribution >= 0.6 is 0 Å². The molecule has 0 spiro atoms. The number of ether oxygens (including phenoxy) is 1. The third-order valence-electron chi connectivity index (χ3n) is 3.49. The normalized spacial score (nSPS) is 35.7. The molecule has 2 saturated heterocycles. The number of carbonyl (C=O) groups excluding carboxylic acids is 1. The first kappa shape index (κ1) is 11.9. The van der Waals surface area contributed by atoms with Crippen molar-refractivity contribution in [2.75, 3.05) is 19.8 Å². The molecule has 0 aromatic rings. The van der Waals surface area contributed by atoms with Crippen molar-refractivity contribution in [1.82, 2.24) is 10.6 Å². The Kier molecular flexibility index (Phi) is 4.18. The lowest BCUT2D eigenvalue weighted by molar-refractivity contribution is -0.125. The van der Waals surface area contributed by atoms with Gasteiger partial charge in [0, 0.05) is 6.61 Å². The molecule has 3 atom stereocenters. The smallest absolute Gasteiger partial charge is 0.237 e. The van der Waals surface area contributed by atoms with Gasteiger partial charge in [-0.2, -0.15) is 0 Å². The Morgan fingerprint density at radius 2 is 2.31 bits per heavy atom. The highest BCUT2D eigenvalue weighted by molar-refractivity contribution is 5.82. The van der Waals surface area contributed by atoms with Gasteiger partial charge in [-0.3, -0.25) is 4.79 Å². The SMILES string of the molecule is CC1CCNC(C(=O)NC2CCCOC2)C1. The highest BCUT2D eigenvalue weighted by Gasteiger charge is 2.26. The molecule has 1 amide bonds. The van der Waals surface area contributed by atoms with Crippen LogP contribution in [0.25, 0.3) is 0 Å². The van der Waals surface area contributed by atoms with Crippen LogP contribution in [0.3, 0.4) is 0 Å². The van der Waals surface area contributed by atoms with E-state index in [1.54, 1.807) is 0 Å². The summed E-state index contributed by atoms with van der Waals surface area (Å²) >= 11 is 0. The molecule has 4 nitrogen and oxygen atoms in total. The molecular formula is C12H22N2O2. The molecule has 2 aliphatic rings. The Bertz CT molecular complexity index is 239. The fourth-order valence-corrected chi connectivity index (χ4v) is 2.46. The first-order valence-corrected chi connectivity index (χ1v) is 6.37. The Morgan fingerprint density at radius 3 is 3.00 bits per heavy atom. The van der Waals surface area contributed by atoms with Gasteiger partial charge >= 0.3 is 0 Å². The van der Waals surface area contributed by atoms with Crippen molar-refractivity contribution < 1.29 is 9.53 Å². The molecule has 0 saturated carbocycles. The predicted octanol–water partition coefficient (Wildman–Crippen LogP) is 0.670. The van der Waals surface area contributed by atoms with Crippen LogP contribution in [-0.2, 0) is 9.53 Å². The molecule has 92 valence electrons. The van der Waals surface area contributed by atoms with Crippen molar-refractivity contribution >= 4 is 5.91 Å². The maximum absolute atomic E-state index is 12.0. The summed E-state index contributed by atoms with van der Waals surface area (Å²) in [5, 5.41) is 6.37. The number of nitrogens with one attached hydrogen (secondary N) is 2. The van der Waals surface area contributed by atoms with Crippen LogP contribution in [0.2, 0.25) is 0 Å². The van der Waals surface area contributed by atoms with Crippen molar-refractivity contribution in [3.63, 3.8) is 0 Å². The first-order chi connectivity index (χ1) is 7.75. The van der Waals surface area contributed by atoms with Crippen LogP contribution in [0.4, 0.5) is 0 Å². The van der Waals surface area contributed by atoms with E-state index in [0.717, 1.165) is 32.4 Å². The molecule has 0 radical (unpaired) electrons. The number of rotatable bonds is 2. The van der Waals surface area contributed by atoms with E-state index >= 15 is 0 Å². The molecule has 2 N–H and O–H groups in total. The lowest BCUT2D eigenvalue weighted by Crippen LogP contribution is -2.52. The first-order valence-electron chi connectivity index (χ1n) is 6.37. The summed E-state index contributed by atoms with van der Waals surface area (Å²) < 4.78 is 5.36. The Morgan fingerprint density at radius 1 is 1.44 bits per heavy atom. The number of piperidine rings is 1. The fraction of sp³-hybridized carbons (Fsp3) is 0.917. The van der Waals surface area contributed by atoms with E-state index in [2.05, 4.69) is 17.6 Å². The van der Waals surface area contributed by atoms with E-state index < -0.39 is 0 Å². The van der Waals surface area contributed by atoms with Gasteiger partial charge in [-0.1, -0.05) is 6.92 Å². The molecule has 2 aliphatic heterocycles. The van der Waals surface area contributed by atoms with Crippen LogP contribution in [0.5, 0.6) is 0 Å². The van der Waals surface area contributed by atoms with Crippen LogP contribution in [-0.4, -0.2) is 37.7 Å². The summed E-state index contributed by atoms with van der Waals surface area (Å²) in [6.07, 6.45) is 4.24. The Hall–Kier alpha value is -0.610. The average Bonchev–Trinajstić information content (AvgIpc) is 2.30. The lowest BCUT2D eigenvalue weighted by atomic mass is 9.93. The number of carbonyl (C=O) groups is 1. The van der Waals surface area contributed by atoms with E-state index in [1.807, 2.05) is 0 Å². The molecule has 0 aromatic heterocycles. The van der Waals surface area contributed by atoms with E-state index in [0.29, 0.717) is 12.5 Å². The third kappa shape index (κ3) is 3.19. The van der Waals surface area contributed by atoms with E-state index in [4.69, 9.17) is 4.74 Å². The fourth-order valence-electron chi connectivity index (χ4n) is 2.46. The third-order valence-corrected chi connectivity index (χ3v) is 3.49. The molecule has 16 heavy (non-hydrogen) atoms. The van der Waals surface area contributed by atoms with Crippen molar-refractivity contribution in [2.24, 2.45) is 5.92 Å². The second kappa shape index (κ2) is 5.64. The summed E-state index contributed by atoms with van der Waals surface area (Å²) in [7, 11) is 0. The van der Waals surface area contributed by atoms with Gasteiger partial charge in [-0.05, 0) is 38.1 Å². The van der Waals surface area contributed by atoms with Gasteiger partial charge in [0.05, 0.1) is 18.7 Å². The van der Waals surface area contributed by atoms with Gasteiger partial charge in [0.25, 0.3) is 0 Å². The van der Waals surface area contributed by atoms with Crippen LogP contribution in [0, 0.1) is 5.92 Å². The van der Waals surface area contributed by atoms with Crippen LogP contribution < -0.4 is 10.6 Å². The van der Waals surface area contributed by atoms with E-state index in [1.165, 1.54) is 6.42 Å². The highest BCUT2D eigenvalue weighted by atomic mass is 16.5. The summed E-state index contributed by atoms with van der Waals surface area (Å²) in [5.41, 5.74) is 0. The van der Waals surface area contributed by atoms with Gasteiger partial charge in [0.2, 0.25) is 5.91 Å². The second-order valence-corrected chi connectivity index (χ2v) is 5.06. The van der Waals surface area contributed by atoms with Crippen molar-refractivity contribution in [3.8, 4) is 0 Å². The molecular weight excluding hydrogens is 204 g/mol. The van der Waals surface area contributed by atoms with Crippen molar-refractivity contribution in [3.05, 3.63) is 0 Å². The molecule has 4 heteroatoms. The minimum Gasteiger partial charge on any atom is -0.379 e. The van der Waals surface area contributed by atoms with Crippen LogP contribution in [0.1, 0.15) is 32.6 Å². The summed E-state index contributed by atoms with van der Waals surface area (Å²) in [4.78, 5) is 12.0. The molecule has 0 aromatic carbocycles. The summed E-state index contributed by atoms with van der Waals surface area (Å²) in [6.45, 7) is 4.68. The lowest BCUT2D eigenvalue weighted by Gasteiger charge is -2.30. The average molecular weight is 226 g/mol. The van der Waals surface area contributed by atoms with Gasteiger partial charge in [0.1, 0.15) is 0 Å². The minimum absolute atomic E-state index is 0.00526. The van der Waals surface area contributed by atoms with Gasteiger partial charge in [0.15, 0.2) is 0 Å².